The number of nitrogens with zero attached hydrogens (tertiary/aromatic N) is 4. The fraction of sp³-hybridized carbons (Fsp3) is 0.292. The van der Waals surface area contributed by atoms with Crippen LogP contribution in [0.15, 0.2) is 60.7 Å². The molecule has 0 N–H and O–H groups in total. The third-order valence-electron chi connectivity index (χ3n) is 5.71. The van der Waals surface area contributed by atoms with E-state index in [-0.39, 0.29) is 0 Å². The molecule has 1 fully saturated rings. The van der Waals surface area contributed by atoms with Gasteiger partial charge in [0.2, 0.25) is 0 Å². The average Bonchev–Trinajstić information content (AvgIpc) is 3.39. The number of rotatable bonds is 5. The standard InChI is InChI=1S/C24H24N4S2/c1-2-9-20-25-22(27-15-14-18(16-27)17-10-5-3-6-11-17)21-23(26-20)28(24(29)30-21)19-12-7-4-8-13-19/h3-8,10-13,18H,2,9,14-16H2,1H3/t18-/m0/s1. The molecule has 4 aromatic rings. The predicted molar refractivity (Wildman–Crippen MR) is 128 cm³/mol. The fourth-order valence-corrected chi connectivity index (χ4v) is 5.63. The fourth-order valence-electron chi connectivity index (χ4n) is 4.24. The first-order valence-corrected chi connectivity index (χ1v) is 11.7. The molecule has 4 nitrogen and oxygen atoms in total. The van der Waals surface area contributed by atoms with Gasteiger partial charge in [-0.25, -0.2) is 9.97 Å². The van der Waals surface area contributed by atoms with E-state index in [1.54, 1.807) is 11.3 Å². The summed E-state index contributed by atoms with van der Waals surface area (Å²) in [4.78, 5) is 12.4. The van der Waals surface area contributed by atoms with Gasteiger partial charge >= 0.3 is 0 Å². The second-order valence-corrected chi connectivity index (χ2v) is 9.39. The zero-order valence-corrected chi connectivity index (χ0v) is 18.6. The Morgan fingerprint density at radius 1 is 1.03 bits per heavy atom. The summed E-state index contributed by atoms with van der Waals surface area (Å²) in [5.41, 5.74) is 3.41. The van der Waals surface area contributed by atoms with Crippen LogP contribution in [0.3, 0.4) is 0 Å². The molecule has 2 aromatic carbocycles. The number of hydrogen-bond donors (Lipinski definition) is 0. The molecule has 0 aliphatic carbocycles. The van der Waals surface area contributed by atoms with Crippen molar-refractivity contribution < 1.29 is 0 Å². The van der Waals surface area contributed by atoms with Gasteiger partial charge in [0.15, 0.2) is 15.4 Å². The summed E-state index contributed by atoms with van der Waals surface area (Å²) >= 11 is 7.39. The van der Waals surface area contributed by atoms with E-state index in [4.69, 9.17) is 22.2 Å². The summed E-state index contributed by atoms with van der Waals surface area (Å²) in [6, 6.07) is 21.1. The van der Waals surface area contributed by atoms with E-state index in [2.05, 4.69) is 58.9 Å². The third-order valence-corrected chi connectivity index (χ3v) is 7.07. The van der Waals surface area contributed by atoms with Gasteiger partial charge in [0.1, 0.15) is 10.5 Å². The van der Waals surface area contributed by atoms with E-state index in [0.29, 0.717) is 5.92 Å². The number of para-hydroxylation sites is 1. The van der Waals surface area contributed by atoms with Crippen LogP contribution in [0.5, 0.6) is 0 Å². The van der Waals surface area contributed by atoms with E-state index >= 15 is 0 Å². The van der Waals surface area contributed by atoms with Gasteiger partial charge in [0.25, 0.3) is 0 Å². The van der Waals surface area contributed by atoms with Crippen LogP contribution < -0.4 is 4.90 Å². The number of anilines is 1. The molecule has 152 valence electrons. The van der Waals surface area contributed by atoms with Crippen LogP contribution in [-0.4, -0.2) is 27.6 Å². The molecule has 0 radical (unpaired) electrons. The topological polar surface area (TPSA) is 34.0 Å². The molecule has 5 rings (SSSR count). The van der Waals surface area contributed by atoms with Crippen LogP contribution in [0, 0.1) is 3.95 Å². The highest BCUT2D eigenvalue weighted by atomic mass is 32.1. The summed E-state index contributed by atoms with van der Waals surface area (Å²) in [6.45, 7) is 4.16. The van der Waals surface area contributed by atoms with Crippen molar-refractivity contribution in [1.82, 2.24) is 14.5 Å². The zero-order chi connectivity index (χ0) is 20.5. The molecule has 0 unspecified atom stereocenters. The first kappa shape index (κ1) is 19.4. The molecule has 0 amide bonds. The van der Waals surface area contributed by atoms with E-state index in [9.17, 15) is 0 Å². The Bertz CT molecular complexity index is 1210. The van der Waals surface area contributed by atoms with Gasteiger partial charge in [0.05, 0.1) is 0 Å². The molecule has 1 saturated heterocycles. The molecule has 6 heteroatoms. The van der Waals surface area contributed by atoms with Crippen molar-refractivity contribution >= 4 is 39.7 Å². The second-order valence-electron chi connectivity index (χ2n) is 7.75. The molecule has 3 heterocycles. The van der Waals surface area contributed by atoms with Crippen LogP contribution in [0.2, 0.25) is 0 Å². The number of aromatic nitrogens is 3. The van der Waals surface area contributed by atoms with Crippen molar-refractivity contribution in [3.05, 3.63) is 76.0 Å². The molecule has 1 aliphatic heterocycles. The molecule has 0 bridgehead atoms. The monoisotopic (exact) mass is 432 g/mol. The number of benzene rings is 2. The highest BCUT2D eigenvalue weighted by Gasteiger charge is 2.28. The van der Waals surface area contributed by atoms with E-state index in [0.717, 1.165) is 64.0 Å². The maximum Gasteiger partial charge on any atom is 0.168 e. The second kappa shape index (κ2) is 8.28. The summed E-state index contributed by atoms with van der Waals surface area (Å²) in [5.74, 6) is 2.49. The van der Waals surface area contributed by atoms with Gasteiger partial charge in [-0.05, 0) is 42.8 Å². The normalized spacial score (nSPS) is 16.4. The molecule has 2 aromatic heterocycles. The Labute approximate surface area is 185 Å². The first-order chi connectivity index (χ1) is 14.7. The summed E-state index contributed by atoms with van der Waals surface area (Å²) < 4.78 is 4.02. The maximum atomic E-state index is 5.77. The average molecular weight is 433 g/mol. The largest absolute Gasteiger partial charge is 0.355 e. The van der Waals surface area contributed by atoms with Gasteiger partial charge in [-0.3, -0.25) is 4.57 Å². The highest BCUT2D eigenvalue weighted by molar-refractivity contribution is 7.73. The van der Waals surface area contributed by atoms with Crippen molar-refractivity contribution in [2.75, 3.05) is 18.0 Å². The van der Waals surface area contributed by atoms with Gasteiger partial charge in [-0.1, -0.05) is 66.8 Å². The van der Waals surface area contributed by atoms with Gasteiger partial charge in [0, 0.05) is 31.1 Å². The summed E-state index contributed by atoms with van der Waals surface area (Å²) in [7, 11) is 0. The third kappa shape index (κ3) is 3.55. The number of fused-ring (bicyclic) bond motifs is 1. The summed E-state index contributed by atoms with van der Waals surface area (Å²) in [6.07, 6.45) is 3.04. The van der Waals surface area contributed by atoms with Crippen LogP contribution in [0.25, 0.3) is 16.0 Å². The van der Waals surface area contributed by atoms with Crippen LogP contribution >= 0.6 is 23.6 Å². The molecule has 30 heavy (non-hydrogen) atoms. The molecule has 0 spiro atoms. The van der Waals surface area contributed by atoms with Crippen molar-refractivity contribution in [3.63, 3.8) is 0 Å². The molecule has 1 atom stereocenters. The van der Waals surface area contributed by atoms with E-state index < -0.39 is 0 Å². The Hall–Kier alpha value is -2.57. The number of thiazole rings is 1. The number of aryl methyl sites for hydroxylation is 1. The van der Waals surface area contributed by atoms with Crippen molar-refractivity contribution in [2.24, 2.45) is 0 Å². The van der Waals surface area contributed by atoms with Gasteiger partial charge in [-0.2, -0.15) is 0 Å². The lowest BCUT2D eigenvalue weighted by molar-refractivity contribution is 0.773. The lowest BCUT2D eigenvalue weighted by Crippen LogP contribution is -2.21. The molecule has 1 aliphatic rings. The minimum absolute atomic E-state index is 0.537. The van der Waals surface area contributed by atoms with E-state index in [1.165, 1.54) is 5.56 Å². The smallest absolute Gasteiger partial charge is 0.168 e. The number of hydrogen-bond acceptors (Lipinski definition) is 5. The van der Waals surface area contributed by atoms with Crippen molar-refractivity contribution in [3.8, 4) is 5.69 Å². The quantitative estimate of drug-likeness (QED) is 0.354. The Kier molecular flexibility index (Phi) is 5.35. The maximum absolute atomic E-state index is 5.77. The van der Waals surface area contributed by atoms with Crippen LogP contribution in [-0.2, 0) is 6.42 Å². The molecule has 0 saturated carbocycles. The van der Waals surface area contributed by atoms with E-state index in [1.807, 2.05) is 18.2 Å². The van der Waals surface area contributed by atoms with Gasteiger partial charge < -0.3 is 4.90 Å². The lowest BCUT2D eigenvalue weighted by Gasteiger charge is -2.19. The lowest BCUT2D eigenvalue weighted by atomic mass is 9.99. The zero-order valence-electron chi connectivity index (χ0n) is 17.0. The first-order valence-electron chi connectivity index (χ1n) is 10.5. The predicted octanol–water partition coefficient (Wildman–Crippen LogP) is 6.16. The van der Waals surface area contributed by atoms with Crippen molar-refractivity contribution in [2.45, 2.75) is 32.1 Å². The minimum atomic E-state index is 0.537. The van der Waals surface area contributed by atoms with Gasteiger partial charge in [-0.15, -0.1) is 0 Å². The van der Waals surface area contributed by atoms with Crippen LogP contribution in [0.4, 0.5) is 5.82 Å². The Morgan fingerprint density at radius 2 is 1.77 bits per heavy atom. The SMILES string of the molecule is CCCc1nc(N2CC[C@H](c3ccccc3)C2)c2sc(=S)n(-c3ccccc3)c2n1. The highest BCUT2D eigenvalue weighted by Crippen LogP contribution is 2.37. The minimum Gasteiger partial charge on any atom is -0.355 e. The molecular weight excluding hydrogens is 408 g/mol. The van der Waals surface area contributed by atoms with Crippen molar-refractivity contribution in [1.29, 1.82) is 0 Å². The summed E-state index contributed by atoms with van der Waals surface area (Å²) in [5, 5.41) is 0. The molecular formula is C24H24N4S2. The van der Waals surface area contributed by atoms with Crippen LogP contribution in [0.1, 0.15) is 37.1 Å². The Balaban J connectivity index is 1.61. The Morgan fingerprint density at radius 3 is 2.50 bits per heavy atom.